The maximum Gasteiger partial charge on any atom is 0.177 e. The molecule has 0 saturated heterocycles. The minimum absolute atomic E-state index is 0.339. The van der Waals surface area contributed by atoms with Crippen molar-refractivity contribution < 1.29 is 14.2 Å². The summed E-state index contributed by atoms with van der Waals surface area (Å²) >= 11 is 1.88. The summed E-state index contributed by atoms with van der Waals surface area (Å²) < 4.78 is 17.0. The lowest BCUT2D eigenvalue weighted by Gasteiger charge is -2.18. The molecule has 0 radical (unpaired) electrons. The lowest BCUT2D eigenvalue weighted by Crippen LogP contribution is -2.12. The van der Waals surface area contributed by atoms with Crippen molar-refractivity contribution in [2.24, 2.45) is 0 Å². The number of benzene rings is 2. The van der Waals surface area contributed by atoms with E-state index in [2.05, 4.69) is 26.0 Å². The van der Waals surface area contributed by atoms with Gasteiger partial charge in [0.2, 0.25) is 0 Å². The van der Waals surface area contributed by atoms with Gasteiger partial charge in [0.05, 0.1) is 0 Å². The summed E-state index contributed by atoms with van der Waals surface area (Å²) in [5.41, 5.74) is 0. The van der Waals surface area contributed by atoms with Crippen molar-refractivity contribution >= 4 is 11.8 Å². The summed E-state index contributed by atoms with van der Waals surface area (Å²) in [5, 5.41) is 0.625. The minimum Gasteiger partial charge on any atom is -0.486 e. The van der Waals surface area contributed by atoms with Crippen molar-refractivity contribution in [2.75, 3.05) is 6.61 Å². The first kappa shape index (κ1) is 15.8. The van der Waals surface area contributed by atoms with Gasteiger partial charge in [-0.05, 0) is 42.8 Å². The lowest BCUT2D eigenvalue weighted by atomic mass is 10.3. The van der Waals surface area contributed by atoms with Crippen molar-refractivity contribution in [3.05, 3.63) is 60.6 Å². The van der Waals surface area contributed by atoms with Crippen LogP contribution in [0, 0.1) is 0 Å². The van der Waals surface area contributed by atoms with Gasteiger partial charge in [-0.15, -0.1) is 11.8 Å². The van der Waals surface area contributed by atoms with Crippen LogP contribution < -0.4 is 14.2 Å². The maximum absolute atomic E-state index is 5.76. The predicted molar refractivity (Wildman–Crippen MR) is 93.3 cm³/mol. The molecule has 3 nitrogen and oxygen atoms in total. The first-order valence-corrected chi connectivity index (χ1v) is 8.64. The number of fused-ring (bicyclic) bond motifs is 1. The van der Waals surface area contributed by atoms with Gasteiger partial charge < -0.3 is 14.2 Å². The molecule has 0 N–H and O–H groups in total. The van der Waals surface area contributed by atoms with Crippen LogP contribution in [0.4, 0.5) is 0 Å². The van der Waals surface area contributed by atoms with Gasteiger partial charge >= 0.3 is 0 Å². The Kier molecular flexibility index (Phi) is 5.13. The number of thioether (sulfide) groups is 1. The van der Waals surface area contributed by atoms with E-state index < -0.39 is 0 Å². The van der Waals surface area contributed by atoms with Gasteiger partial charge in [0.1, 0.15) is 18.6 Å². The topological polar surface area (TPSA) is 27.7 Å². The van der Waals surface area contributed by atoms with Crippen molar-refractivity contribution in [3.63, 3.8) is 0 Å². The van der Waals surface area contributed by atoms with Crippen LogP contribution >= 0.6 is 11.8 Å². The highest BCUT2D eigenvalue weighted by molar-refractivity contribution is 7.99. The Morgan fingerprint density at radius 1 is 1.04 bits per heavy atom. The molecular weight excluding hydrogens is 308 g/mol. The highest BCUT2D eigenvalue weighted by Gasteiger charge is 2.13. The summed E-state index contributed by atoms with van der Waals surface area (Å²) in [4.78, 5) is 1.26. The van der Waals surface area contributed by atoms with E-state index >= 15 is 0 Å². The van der Waals surface area contributed by atoms with Crippen LogP contribution in [0.25, 0.3) is 0 Å². The van der Waals surface area contributed by atoms with Crippen LogP contribution in [0.15, 0.2) is 65.4 Å². The number of ether oxygens (including phenoxy) is 3. The van der Waals surface area contributed by atoms with Gasteiger partial charge in [-0.25, -0.2) is 0 Å². The van der Waals surface area contributed by atoms with Gasteiger partial charge in [-0.2, -0.15) is 0 Å². The second-order valence-electron chi connectivity index (χ2n) is 5.35. The Balaban J connectivity index is 1.54. The molecule has 1 atom stereocenters. The zero-order chi connectivity index (χ0) is 16.1. The fourth-order valence-corrected chi connectivity index (χ4v) is 3.00. The lowest BCUT2D eigenvalue weighted by molar-refractivity contribution is 0.247. The Bertz CT molecular complexity index is 679. The molecule has 120 valence electrons. The van der Waals surface area contributed by atoms with Crippen LogP contribution in [0.1, 0.15) is 20.3 Å². The Hall–Kier alpha value is -2.07. The predicted octanol–water partition coefficient (Wildman–Crippen LogP) is 5.27. The molecule has 0 saturated carbocycles. The molecule has 23 heavy (non-hydrogen) atoms. The molecule has 4 heteroatoms. The Morgan fingerprint density at radius 2 is 1.78 bits per heavy atom. The summed E-state index contributed by atoms with van der Waals surface area (Å²) in [6.45, 7) is 4.78. The van der Waals surface area contributed by atoms with E-state index in [9.17, 15) is 0 Å². The van der Waals surface area contributed by atoms with Crippen LogP contribution in [-0.2, 0) is 0 Å². The molecule has 0 amide bonds. The van der Waals surface area contributed by atoms with Gasteiger partial charge in [0, 0.05) is 10.1 Å². The monoisotopic (exact) mass is 328 g/mol. The molecule has 0 aliphatic carbocycles. The molecule has 1 aliphatic rings. The average molecular weight is 328 g/mol. The van der Waals surface area contributed by atoms with E-state index in [1.807, 2.05) is 48.2 Å². The van der Waals surface area contributed by atoms with Gasteiger partial charge in [0.25, 0.3) is 0 Å². The largest absolute Gasteiger partial charge is 0.486 e. The standard InChI is InChI=1S/C19H20O3S/c1-3-14(2)23-17-10-8-15(9-11-17)20-12-16-13-21-18-6-4-5-7-19(18)22-16/h4-11,13-14H,3,12H2,1-2H3. The van der Waals surface area contributed by atoms with Gasteiger partial charge in [0.15, 0.2) is 17.3 Å². The Labute approximate surface area is 141 Å². The average Bonchev–Trinajstić information content (AvgIpc) is 2.61. The molecule has 1 unspecified atom stereocenters. The van der Waals surface area contributed by atoms with E-state index in [0.29, 0.717) is 23.4 Å². The van der Waals surface area contributed by atoms with Gasteiger partial charge in [-0.3, -0.25) is 0 Å². The molecular formula is C19H20O3S. The van der Waals surface area contributed by atoms with Crippen LogP contribution in [-0.4, -0.2) is 11.9 Å². The molecule has 0 spiro atoms. The first-order chi connectivity index (χ1) is 11.2. The molecule has 1 heterocycles. The zero-order valence-corrected chi connectivity index (χ0v) is 14.1. The van der Waals surface area contributed by atoms with Crippen molar-refractivity contribution in [1.82, 2.24) is 0 Å². The fraction of sp³-hybridized carbons (Fsp3) is 0.263. The van der Waals surface area contributed by atoms with E-state index in [0.717, 1.165) is 17.9 Å². The second-order valence-corrected chi connectivity index (χ2v) is 6.86. The SMILES string of the molecule is CCC(C)Sc1ccc(OCC2=COc3ccccc3O2)cc1. The minimum atomic E-state index is 0.339. The van der Waals surface area contributed by atoms with Crippen molar-refractivity contribution in [3.8, 4) is 17.2 Å². The third kappa shape index (κ3) is 4.23. The third-order valence-electron chi connectivity index (χ3n) is 3.52. The second kappa shape index (κ2) is 7.47. The number of rotatable bonds is 6. The number of hydrogen-bond acceptors (Lipinski definition) is 4. The number of hydrogen-bond donors (Lipinski definition) is 0. The highest BCUT2D eigenvalue weighted by Crippen LogP contribution is 2.32. The highest BCUT2D eigenvalue weighted by atomic mass is 32.2. The van der Waals surface area contributed by atoms with Gasteiger partial charge in [-0.1, -0.05) is 26.0 Å². The Morgan fingerprint density at radius 3 is 2.52 bits per heavy atom. The summed E-state index contributed by atoms with van der Waals surface area (Å²) in [7, 11) is 0. The van der Waals surface area contributed by atoms with Crippen molar-refractivity contribution in [1.29, 1.82) is 0 Å². The molecule has 0 fully saturated rings. The smallest absolute Gasteiger partial charge is 0.177 e. The number of para-hydroxylation sites is 2. The fourth-order valence-electron chi connectivity index (χ4n) is 2.07. The third-order valence-corrected chi connectivity index (χ3v) is 4.80. The normalized spacial score (nSPS) is 14.1. The zero-order valence-electron chi connectivity index (χ0n) is 13.3. The van der Waals surface area contributed by atoms with E-state index in [-0.39, 0.29) is 0 Å². The molecule has 2 aromatic rings. The first-order valence-electron chi connectivity index (χ1n) is 7.76. The van der Waals surface area contributed by atoms with E-state index in [4.69, 9.17) is 14.2 Å². The summed E-state index contributed by atoms with van der Waals surface area (Å²) in [6, 6.07) is 15.7. The molecule has 1 aliphatic heterocycles. The maximum atomic E-state index is 5.76. The quantitative estimate of drug-likeness (QED) is 0.675. The molecule has 3 rings (SSSR count). The summed E-state index contributed by atoms with van der Waals surface area (Å²) in [5.74, 6) is 2.92. The van der Waals surface area contributed by atoms with Crippen LogP contribution in [0.3, 0.4) is 0 Å². The van der Waals surface area contributed by atoms with Crippen LogP contribution in [0.2, 0.25) is 0 Å². The molecule has 2 aromatic carbocycles. The van der Waals surface area contributed by atoms with Crippen LogP contribution in [0.5, 0.6) is 17.2 Å². The molecule has 0 bridgehead atoms. The summed E-state index contributed by atoms with van der Waals surface area (Å²) in [6.07, 6.45) is 2.76. The van der Waals surface area contributed by atoms with E-state index in [1.165, 1.54) is 4.90 Å². The molecule has 0 aromatic heterocycles. The van der Waals surface area contributed by atoms with Crippen molar-refractivity contribution in [2.45, 2.75) is 30.4 Å². The van der Waals surface area contributed by atoms with E-state index in [1.54, 1.807) is 6.26 Å².